The topological polar surface area (TPSA) is 93.2 Å². The van der Waals surface area contributed by atoms with Crippen molar-refractivity contribution in [3.8, 4) is 11.5 Å². The van der Waals surface area contributed by atoms with Crippen LogP contribution in [0, 0.1) is 5.41 Å². The lowest BCUT2D eigenvalue weighted by molar-refractivity contribution is -0.132. The summed E-state index contributed by atoms with van der Waals surface area (Å²) in [5.74, 6) is 0.125. The van der Waals surface area contributed by atoms with Gasteiger partial charge < -0.3 is 19.3 Å². The average molecular weight is 669 g/mol. The molecule has 250 valence electrons. The second-order valence-electron chi connectivity index (χ2n) is 12.9. The van der Waals surface area contributed by atoms with Crippen molar-refractivity contribution in [2.75, 3.05) is 28.8 Å². The van der Waals surface area contributed by atoms with Crippen molar-refractivity contribution in [3.63, 3.8) is 0 Å². The van der Waals surface area contributed by atoms with Gasteiger partial charge in [0, 0.05) is 73.5 Å². The van der Waals surface area contributed by atoms with Gasteiger partial charge in [-0.05, 0) is 47.6 Å². The fourth-order valence-electron chi connectivity index (χ4n) is 7.79. The molecule has 0 aliphatic carbocycles. The van der Waals surface area contributed by atoms with Gasteiger partial charge in [0.2, 0.25) is 11.8 Å². The summed E-state index contributed by atoms with van der Waals surface area (Å²) in [5.41, 5.74) is 2.73. The van der Waals surface area contributed by atoms with Crippen molar-refractivity contribution in [3.05, 3.63) is 71.8 Å². The summed E-state index contributed by atoms with van der Waals surface area (Å²) in [7, 11) is 0. The maximum absolute atomic E-state index is 14.7. The van der Waals surface area contributed by atoms with Gasteiger partial charge in [0.05, 0.1) is 11.4 Å². The molecular formula is C39H41ClN2O6. The van der Waals surface area contributed by atoms with Crippen LogP contribution in [-0.2, 0) is 25.6 Å². The molecule has 0 saturated carbocycles. The number of ether oxygens (including phenoxy) is 2. The van der Waals surface area contributed by atoms with Gasteiger partial charge in [0.15, 0.2) is 0 Å². The number of esters is 2. The van der Waals surface area contributed by atoms with Crippen LogP contribution in [0.2, 0.25) is 0 Å². The van der Waals surface area contributed by atoms with E-state index in [1.54, 1.807) is 11.0 Å². The number of hydrogen-bond acceptors (Lipinski definition) is 6. The molecule has 6 rings (SSSR count). The predicted octanol–water partition coefficient (Wildman–Crippen LogP) is 8.08. The van der Waals surface area contributed by atoms with Gasteiger partial charge in [0.1, 0.15) is 11.5 Å². The Bertz CT molecular complexity index is 1940. The van der Waals surface area contributed by atoms with Crippen LogP contribution >= 0.6 is 11.6 Å². The van der Waals surface area contributed by atoms with Crippen LogP contribution in [0.5, 0.6) is 11.5 Å². The van der Waals surface area contributed by atoms with Gasteiger partial charge in [-0.1, -0.05) is 68.8 Å². The lowest BCUT2D eigenvalue weighted by Crippen LogP contribution is -2.44. The van der Waals surface area contributed by atoms with Crippen LogP contribution < -0.4 is 19.3 Å². The Morgan fingerprint density at radius 1 is 0.812 bits per heavy atom. The zero-order valence-electron chi connectivity index (χ0n) is 27.9. The van der Waals surface area contributed by atoms with Gasteiger partial charge in [-0.2, -0.15) is 0 Å². The summed E-state index contributed by atoms with van der Waals surface area (Å²) < 4.78 is 11.2. The molecule has 2 amide bonds. The molecule has 2 atom stereocenters. The molecule has 2 aliphatic rings. The first-order valence-electron chi connectivity index (χ1n) is 16.8. The van der Waals surface area contributed by atoms with Crippen molar-refractivity contribution >= 4 is 68.3 Å². The molecule has 0 N–H and O–H groups in total. The Kier molecular flexibility index (Phi) is 9.48. The normalized spacial score (nSPS) is 16.5. The first-order chi connectivity index (χ1) is 23.1. The molecule has 0 radical (unpaired) electrons. The van der Waals surface area contributed by atoms with E-state index in [2.05, 4.69) is 6.92 Å². The van der Waals surface area contributed by atoms with E-state index >= 15 is 0 Å². The largest absolute Gasteiger partial charge is 0.426 e. The van der Waals surface area contributed by atoms with Crippen LogP contribution in [-0.4, -0.2) is 42.7 Å². The number of carbonyl (C=O) groups excluding carboxylic acids is 4. The molecule has 2 aliphatic heterocycles. The molecule has 2 heterocycles. The van der Waals surface area contributed by atoms with Crippen LogP contribution in [0.25, 0.3) is 21.5 Å². The second kappa shape index (κ2) is 13.6. The van der Waals surface area contributed by atoms with Crippen molar-refractivity contribution in [2.45, 2.75) is 72.1 Å². The van der Waals surface area contributed by atoms with Crippen LogP contribution in [0.1, 0.15) is 76.8 Å². The average Bonchev–Trinajstić information content (AvgIpc) is 3.68. The smallest absolute Gasteiger partial charge is 0.308 e. The first kappa shape index (κ1) is 33.5. The van der Waals surface area contributed by atoms with E-state index in [-0.39, 0.29) is 24.2 Å². The fraction of sp³-hybridized carbons (Fsp3) is 0.385. The van der Waals surface area contributed by atoms with Gasteiger partial charge >= 0.3 is 11.9 Å². The van der Waals surface area contributed by atoms with Crippen molar-refractivity contribution < 1.29 is 28.7 Å². The summed E-state index contributed by atoms with van der Waals surface area (Å²) in [6.07, 6.45) is 3.23. The number of hydrogen-bond donors (Lipinski definition) is 0. The number of anilines is 2. The van der Waals surface area contributed by atoms with E-state index in [0.29, 0.717) is 61.8 Å². The monoisotopic (exact) mass is 668 g/mol. The first-order valence-corrected chi connectivity index (χ1v) is 17.3. The van der Waals surface area contributed by atoms with Crippen molar-refractivity contribution in [1.29, 1.82) is 0 Å². The van der Waals surface area contributed by atoms with E-state index < -0.39 is 17.4 Å². The molecule has 0 fully saturated rings. The molecule has 0 aromatic heterocycles. The summed E-state index contributed by atoms with van der Waals surface area (Å²) in [5, 5.41) is 3.51. The van der Waals surface area contributed by atoms with E-state index in [4.69, 9.17) is 21.1 Å². The number of carbonyl (C=O) groups is 4. The number of benzene rings is 4. The highest BCUT2D eigenvalue weighted by molar-refractivity contribution is 6.19. The third-order valence-electron chi connectivity index (χ3n) is 10.0. The Balaban J connectivity index is 1.31. The van der Waals surface area contributed by atoms with Gasteiger partial charge in [-0.25, -0.2) is 0 Å². The summed E-state index contributed by atoms with van der Waals surface area (Å²) in [6, 6.07) is 19.1. The molecule has 0 bridgehead atoms. The molecule has 0 spiro atoms. The SMILES string of the molecule is CCCC(CC)(CCC(=O)N1CC(CCl)c2c1cc(OC(C)=O)c1ccccc21)C(=O)N1CCc2c1cc(OC(C)=O)c1ccccc21. The number of rotatable bonds is 10. The summed E-state index contributed by atoms with van der Waals surface area (Å²) in [4.78, 5) is 56.4. The Morgan fingerprint density at radius 2 is 1.40 bits per heavy atom. The minimum absolute atomic E-state index is 0.00829. The molecule has 4 aromatic rings. The van der Waals surface area contributed by atoms with Gasteiger partial charge in [-0.3, -0.25) is 19.2 Å². The van der Waals surface area contributed by atoms with Crippen LogP contribution in [0.15, 0.2) is 60.7 Å². The standard InChI is InChI=1S/C39H41ClN2O6/c1-5-17-39(6-2,38(46)41-19-16-28-27-11-7-8-12-29(27)34(20-32(28)41)47-24(3)43)18-15-36(45)42-23-26(22-40)37-31-14-10-9-13-30(31)35(21-33(37)42)48-25(4)44/h7-14,20-21,26H,5-6,15-19,22-23H2,1-4H3. The Labute approximate surface area is 285 Å². The quantitative estimate of drug-likeness (QED) is 0.0964. The minimum Gasteiger partial charge on any atom is -0.426 e. The molecule has 2 unspecified atom stereocenters. The van der Waals surface area contributed by atoms with Crippen LogP contribution in [0.3, 0.4) is 0 Å². The zero-order valence-corrected chi connectivity index (χ0v) is 28.7. The predicted molar refractivity (Wildman–Crippen MR) is 189 cm³/mol. The number of nitrogens with zero attached hydrogens (tertiary/aromatic N) is 2. The van der Waals surface area contributed by atoms with E-state index in [0.717, 1.165) is 44.8 Å². The van der Waals surface area contributed by atoms with Gasteiger partial charge in [-0.15, -0.1) is 11.6 Å². The maximum Gasteiger partial charge on any atom is 0.308 e. The Hall–Kier alpha value is -4.43. The lowest BCUT2D eigenvalue weighted by atomic mass is 9.75. The number of amides is 2. The van der Waals surface area contributed by atoms with E-state index in [1.807, 2.05) is 66.4 Å². The number of halogens is 1. The summed E-state index contributed by atoms with van der Waals surface area (Å²) in [6.45, 7) is 7.75. The second-order valence-corrected chi connectivity index (χ2v) is 13.2. The fourth-order valence-corrected chi connectivity index (χ4v) is 8.04. The highest BCUT2D eigenvalue weighted by atomic mass is 35.5. The third kappa shape index (κ3) is 5.91. The van der Waals surface area contributed by atoms with Gasteiger partial charge in [0.25, 0.3) is 0 Å². The zero-order chi connectivity index (χ0) is 34.2. The summed E-state index contributed by atoms with van der Waals surface area (Å²) >= 11 is 6.47. The van der Waals surface area contributed by atoms with Crippen LogP contribution in [0.4, 0.5) is 11.4 Å². The molecule has 8 nitrogen and oxygen atoms in total. The lowest BCUT2D eigenvalue weighted by Gasteiger charge is -2.36. The molecule has 48 heavy (non-hydrogen) atoms. The van der Waals surface area contributed by atoms with E-state index in [1.165, 1.54) is 13.8 Å². The molecular weight excluding hydrogens is 628 g/mol. The number of alkyl halides is 1. The number of fused-ring (bicyclic) bond motifs is 6. The highest BCUT2D eigenvalue weighted by Crippen LogP contribution is 2.47. The highest BCUT2D eigenvalue weighted by Gasteiger charge is 2.43. The molecule has 0 saturated heterocycles. The van der Waals surface area contributed by atoms with E-state index in [9.17, 15) is 19.2 Å². The molecule has 9 heteroatoms. The van der Waals surface area contributed by atoms with Crippen molar-refractivity contribution in [1.82, 2.24) is 0 Å². The molecule has 4 aromatic carbocycles. The maximum atomic E-state index is 14.7. The minimum atomic E-state index is -0.764. The third-order valence-corrected chi connectivity index (χ3v) is 10.4. The Morgan fingerprint density at radius 3 is 1.98 bits per heavy atom. The van der Waals surface area contributed by atoms with Crippen molar-refractivity contribution in [2.24, 2.45) is 5.41 Å².